The molecule has 3 heteroatoms. The molecule has 1 heterocycles. The fraction of sp³-hybridized carbons (Fsp3) is 0.111. The summed E-state index contributed by atoms with van der Waals surface area (Å²) in [6.07, 6.45) is 6.80. The first-order chi connectivity index (χ1) is 5.77. The van der Waals surface area contributed by atoms with Crippen molar-refractivity contribution < 1.29 is 4.42 Å². The van der Waals surface area contributed by atoms with E-state index in [9.17, 15) is 0 Å². The van der Waals surface area contributed by atoms with Crippen molar-refractivity contribution >= 4 is 24.8 Å². The second-order valence-corrected chi connectivity index (χ2v) is 2.78. The molecule has 2 nitrogen and oxygen atoms in total. The molecule has 0 aliphatic rings. The highest BCUT2D eigenvalue weighted by Crippen LogP contribution is 1.97. The molecule has 0 radical (unpaired) electrons. The molecule has 12 heavy (non-hydrogen) atoms. The van der Waals surface area contributed by atoms with Gasteiger partial charge in [0.1, 0.15) is 5.42 Å². The molecular formula is C9H11NOS. The highest BCUT2D eigenvalue weighted by Gasteiger charge is 1.87. The zero-order chi connectivity index (χ0) is 8.97. The lowest BCUT2D eigenvalue weighted by molar-refractivity contribution is 0.531. The summed E-state index contributed by atoms with van der Waals surface area (Å²) in [7, 11) is 0. The fourth-order valence-corrected chi connectivity index (χ4v) is 0.986. The van der Waals surface area contributed by atoms with Gasteiger partial charge in [-0.2, -0.15) is 0 Å². The average molecular weight is 181 g/mol. The Hall–Kier alpha value is -1.09. The van der Waals surface area contributed by atoms with E-state index in [4.69, 9.17) is 10.2 Å². The van der Waals surface area contributed by atoms with E-state index in [1.807, 2.05) is 19.1 Å². The summed E-state index contributed by atoms with van der Waals surface area (Å²) in [5.74, 6) is 0. The SMILES string of the molecule is C/C=c1/cco/c1=C/C(S)=C\N. The molecule has 0 unspecified atom stereocenters. The van der Waals surface area contributed by atoms with Crippen LogP contribution < -0.4 is 16.4 Å². The quantitative estimate of drug-likeness (QED) is 0.622. The third-order valence-corrected chi connectivity index (χ3v) is 1.77. The van der Waals surface area contributed by atoms with Gasteiger partial charge in [0, 0.05) is 16.3 Å². The van der Waals surface area contributed by atoms with Gasteiger partial charge < -0.3 is 10.2 Å². The Bertz CT molecular complexity index is 389. The standard InChI is InChI=1S/C9H11NOS/c1-2-7-3-4-11-9(7)5-8(12)6-10/h2-6,12H,10H2,1H3/b7-2-,8-6+,9-5+. The lowest BCUT2D eigenvalue weighted by Gasteiger charge is -1.83. The Morgan fingerprint density at radius 3 is 3.00 bits per heavy atom. The Morgan fingerprint density at radius 2 is 2.42 bits per heavy atom. The third kappa shape index (κ3) is 1.95. The average Bonchev–Trinajstić information content (AvgIpc) is 2.51. The molecule has 1 aromatic rings. The lowest BCUT2D eigenvalue weighted by atomic mass is 10.4. The molecule has 0 saturated heterocycles. The van der Waals surface area contributed by atoms with Crippen molar-refractivity contribution in [2.75, 3.05) is 0 Å². The predicted octanol–water partition coefficient (Wildman–Crippen LogP) is 0.590. The summed E-state index contributed by atoms with van der Waals surface area (Å²) in [4.78, 5) is 0.688. The van der Waals surface area contributed by atoms with E-state index in [1.54, 1.807) is 12.3 Å². The molecule has 0 amide bonds. The Labute approximate surface area is 76.5 Å². The van der Waals surface area contributed by atoms with Crippen LogP contribution in [-0.2, 0) is 0 Å². The maximum atomic E-state index is 5.26. The minimum absolute atomic E-state index is 0.688. The van der Waals surface area contributed by atoms with Gasteiger partial charge in [-0.3, -0.25) is 0 Å². The first kappa shape index (κ1) is 9.00. The number of hydrogen-bond donors (Lipinski definition) is 2. The van der Waals surface area contributed by atoms with Gasteiger partial charge in [-0.1, -0.05) is 6.08 Å². The summed E-state index contributed by atoms with van der Waals surface area (Å²) in [5.41, 5.74) is 6.04. The van der Waals surface area contributed by atoms with Crippen LogP contribution in [0.4, 0.5) is 0 Å². The molecule has 0 spiro atoms. The van der Waals surface area contributed by atoms with Gasteiger partial charge in [0.2, 0.25) is 0 Å². The van der Waals surface area contributed by atoms with Gasteiger partial charge in [0.25, 0.3) is 0 Å². The number of thiol groups is 1. The van der Waals surface area contributed by atoms with Crippen LogP contribution in [0.5, 0.6) is 0 Å². The van der Waals surface area contributed by atoms with Crippen LogP contribution in [0.25, 0.3) is 12.2 Å². The summed E-state index contributed by atoms with van der Waals surface area (Å²) >= 11 is 4.11. The highest BCUT2D eigenvalue weighted by molar-refractivity contribution is 7.85. The van der Waals surface area contributed by atoms with Crippen molar-refractivity contribution in [3.8, 4) is 0 Å². The Balaban J connectivity index is 3.28. The maximum absolute atomic E-state index is 5.26. The third-order valence-electron chi connectivity index (χ3n) is 1.49. The zero-order valence-electron chi connectivity index (χ0n) is 6.82. The molecule has 0 fully saturated rings. The van der Waals surface area contributed by atoms with Gasteiger partial charge in [-0.15, -0.1) is 12.6 Å². The fourth-order valence-electron chi connectivity index (χ4n) is 0.869. The van der Waals surface area contributed by atoms with E-state index in [0.717, 1.165) is 10.6 Å². The molecule has 0 saturated carbocycles. The van der Waals surface area contributed by atoms with Crippen LogP contribution in [0, 0.1) is 0 Å². The van der Waals surface area contributed by atoms with Crippen molar-refractivity contribution in [1.29, 1.82) is 0 Å². The van der Waals surface area contributed by atoms with Crippen LogP contribution in [0.15, 0.2) is 27.9 Å². The number of nitrogens with two attached hydrogens (primary N) is 1. The molecule has 2 N–H and O–H groups in total. The minimum atomic E-state index is 0.688. The molecule has 64 valence electrons. The summed E-state index contributed by atoms with van der Waals surface area (Å²) < 4.78 is 5.20. The van der Waals surface area contributed by atoms with Crippen molar-refractivity contribution in [3.63, 3.8) is 0 Å². The molecule has 1 aromatic heterocycles. The molecule has 0 aliphatic carbocycles. The van der Waals surface area contributed by atoms with Gasteiger partial charge >= 0.3 is 0 Å². The van der Waals surface area contributed by atoms with E-state index in [1.165, 1.54) is 6.20 Å². The zero-order valence-corrected chi connectivity index (χ0v) is 7.71. The molecule has 0 atom stereocenters. The highest BCUT2D eigenvalue weighted by atomic mass is 32.1. The topological polar surface area (TPSA) is 39.2 Å². The second-order valence-electron chi connectivity index (χ2n) is 2.26. The monoisotopic (exact) mass is 181 g/mol. The number of hydrogen-bond acceptors (Lipinski definition) is 3. The van der Waals surface area contributed by atoms with Crippen LogP contribution in [0.3, 0.4) is 0 Å². The molecule has 0 aromatic carbocycles. The van der Waals surface area contributed by atoms with Gasteiger partial charge in [-0.25, -0.2) is 0 Å². The maximum Gasteiger partial charge on any atom is 0.134 e. The van der Waals surface area contributed by atoms with E-state index >= 15 is 0 Å². The van der Waals surface area contributed by atoms with Crippen LogP contribution in [0.2, 0.25) is 0 Å². The number of allylic oxidation sites excluding steroid dienone is 1. The Morgan fingerprint density at radius 1 is 1.67 bits per heavy atom. The van der Waals surface area contributed by atoms with Crippen LogP contribution in [0.1, 0.15) is 6.92 Å². The second kappa shape index (κ2) is 4.07. The van der Waals surface area contributed by atoms with Gasteiger partial charge in [-0.05, 0) is 19.1 Å². The first-order valence-corrected chi connectivity index (χ1v) is 4.05. The Kier molecular flexibility index (Phi) is 3.05. The van der Waals surface area contributed by atoms with Crippen LogP contribution in [-0.4, -0.2) is 0 Å². The van der Waals surface area contributed by atoms with Gasteiger partial charge in [0.15, 0.2) is 0 Å². The molecular weight excluding hydrogens is 170 g/mol. The first-order valence-electron chi connectivity index (χ1n) is 3.60. The molecule has 0 bridgehead atoms. The number of rotatable bonds is 1. The van der Waals surface area contributed by atoms with Crippen molar-refractivity contribution in [2.45, 2.75) is 6.92 Å². The molecule has 0 aliphatic heterocycles. The van der Waals surface area contributed by atoms with E-state index in [0.29, 0.717) is 4.91 Å². The number of furan rings is 1. The minimum Gasteiger partial charge on any atom is -0.464 e. The largest absolute Gasteiger partial charge is 0.464 e. The lowest BCUT2D eigenvalue weighted by Crippen LogP contribution is -2.18. The van der Waals surface area contributed by atoms with Crippen molar-refractivity contribution in [3.05, 3.63) is 34.1 Å². The summed E-state index contributed by atoms with van der Waals surface area (Å²) in [5, 5.41) is 1.04. The normalized spacial score (nSPS) is 15.7. The molecule has 1 rings (SSSR count). The van der Waals surface area contributed by atoms with E-state index in [-0.39, 0.29) is 0 Å². The van der Waals surface area contributed by atoms with Crippen LogP contribution >= 0.6 is 12.6 Å². The van der Waals surface area contributed by atoms with E-state index in [2.05, 4.69) is 12.6 Å². The van der Waals surface area contributed by atoms with Gasteiger partial charge in [0.05, 0.1) is 6.26 Å². The summed E-state index contributed by atoms with van der Waals surface area (Å²) in [6, 6.07) is 1.89. The smallest absolute Gasteiger partial charge is 0.134 e. The summed E-state index contributed by atoms with van der Waals surface area (Å²) in [6.45, 7) is 1.95. The van der Waals surface area contributed by atoms with Crippen molar-refractivity contribution in [1.82, 2.24) is 0 Å². The van der Waals surface area contributed by atoms with E-state index < -0.39 is 0 Å². The van der Waals surface area contributed by atoms with Crippen molar-refractivity contribution in [2.24, 2.45) is 5.73 Å². The predicted molar refractivity (Wildman–Crippen MR) is 53.8 cm³/mol.